The highest BCUT2D eigenvalue weighted by Gasteiger charge is 2.07. The van der Waals surface area contributed by atoms with E-state index in [1.165, 1.54) is 6.42 Å². The summed E-state index contributed by atoms with van der Waals surface area (Å²) in [6, 6.07) is 4.00. The molecule has 2 aromatic rings. The predicted octanol–water partition coefficient (Wildman–Crippen LogP) is 4.51. The predicted molar refractivity (Wildman–Crippen MR) is 112 cm³/mol. The molecule has 0 aromatic carbocycles. The van der Waals surface area contributed by atoms with Gasteiger partial charge < -0.3 is 15.1 Å². The quantitative estimate of drug-likeness (QED) is 0.262. The molecule has 0 aliphatic carbocycles. The highest BCUT2D eigenvalue weighted by molar-refractivity contribution is 14.0. The molecule has 2 aromatic heterocycles. The average molecular weight is 462 g/mol. The third kappa shape index (κ3) is 7.21. The van der Waals surface area contributed by atoms with E-state index in [2.05, 4.69) is 41.4 Å². The van der Waals surface area contributed by atoms with Gasteiger partial charge in [-0.3, -0.25) is 0 Å². The van der Waals surface area contributed by atoms with E-state index in [1.807, 2.05) is 17.5 Å². The number of hydrogen-bond donors (Lipinski definition) is 2. The van der Waals surface area contributed by atoms with Crippen molar-refractivity contribution < 1.29 is 4.42 Å². The number of aliphatic imine (C=N–C) groups is 1. The molecule has 2 rings (SSSR count). The van der Waals surface area contributed by atoms with E-state index < -0.39 is 0 Å². The zero-order valence-electron chi connectivity index (χ0n) is 14.5. The maximum Gasteiger partial charge on any atom is 0.236 e. The molecule has 2 heterocycles. The van der Waals surface area contributed by atoms with E-state index in [4.69, 9.17) is 4.42 Å². The third-order valence-corrected chi connectivity index (χ3v) is 4.14. The first-order valence-corrected chi connectivity index (χ1v) is 9.07. The Balaban J connectivity index is 0.00000288. The molecule has 0 saturated carbocycles. The number of nitrogens with one attached hydrogen (secondary N) is 2. The van der Waals surface area contributed by atoms with Crippen LogP contribution in [0.5, 0.6) is 0 Å². The standard InChI is InChI=1S/C17H26N4OS.HI/c1-4-18-17(19-9-5-7-13(2)3)20-11-14-12-22-16(21-14)15-8-6-10-23-15;/h6,8,10,12-13H,4-5,7,9,11H2,1-3H3,(H2,18,19,20);1H. The van der Waals surface area contributed by atoms with Gasteiger partial charge >= 0.3 is 0 Å². The first-order valence-electron chi connectivity index (χ1n) is 8.19. The van der Waals surface area contributed by atoms with Gasteiger partial charge in [-0.25, -0.2) is 9.98 Å². The van der Waals surface area contributed by atoms with Gasteiger partial charge in [0.05, 0.1) is 11.4 Å². The van der Waals surface area contributed by atoms with Gasteiger partial charge in [0.2, 0.25) is 5.89 Å². The summed E-state index contributed by atoms with van der Waals surface area (Å²) >= 11 is 1.62. The van der Waals surface area contributed by atoms with Crippen molar-refractivity contribution in [2.45, 2.75) is 40.2 Å². The molecule has 0 saturated heterocycles. The Hall–Kier alpha value is -1.09. The molecule has 0 fully saturated rings. The Morgan fingerprint density at radius 3 is 2.88 bits per heavy atom. The minimum Gasteiger partial charge on any atom is -0.443 e. The lowest BCUT2D eigenvalue weighted by atomic mass is 10.1. The van der Waals surface area contributed by atoms with Gasteiger partial charge in [-0.15, -0.1) is 35.3 Å². The molecule has 24 heavy (non-hydrogen) atoms. The van der Waals surface area contributed by atoms with Crippen molar-refractivity contribution in [3.63, 3.8) is 0 Å². The minimum atomic E-state index is 0. The molecule has 0 amide bonds. The van der Waals surface area contributed by atoms with Crippen molar-refractivity contribution in [2.24, 2.45) is 10.9 Å². The van der Waals surface area contributed by atoms with E-state index in [0.29, 0.717) is 12.4 Å². The first kappa shape index (κ1) is 21.0. The van der Waals surface area contributed by atoms with E-state index in [-0.39, 0.29) is 24.0 Å². The minimum absolute atomic E-state index is 0. The Morgan fingerprint density at radius 1 is 1.38 bits per heavy atom. The monoisotopic (exact) mass is 462 g/mol. The van der Waals surface area contributed by atoms with E-state index in [9.17, 15) is 0 Å². The van der Waals surface area contributed by atoms with Crippen LogP contribution in [0.3, 0.4) is 0 Å². The van der Waals surface area contributed by atoms with Crippen LogP contribution in [-0.4, -0.2) is 24.0 Å². The normalized spacial score (nSPS) is 11.4. The van der Waals surface area contributed by atoms with Crippen LogP contribution in [0.2, 0.25) is 0 Å². The number of hydrogen-bond acceptors (Lipinski definition) is 4. The van der Waals surface area contributed by atoms with Crippen LogP contribution in [0.4, 0.5) is 0 Å². The zero-order valence-corrected chi connectivity index (χ0v) is 17.7. The summed E-state index contributed by atoms with van der Waals surface area (Å²) in [6.45, 7) is 8.84. The van der Waals surface area contributed by atoms with Crippen LogP contribution in [0, 0.1) is 5.92 Å². The van der Waals surface area contributed by atoms with Gasteiger partial charge in [-0.05, 0) is 37.1 Å². The Bertz CT molecular complexity index is 596. The molecule has 0 spiro atoms. The molecular weight excluding hydrogens is 435 g/mol. The molecular formula is C17H27IN4OS. The highest BCUT2D eigenvalue weighted by Crippen LogP contribution is 2.23. The Morgan fingerprint density at radius 2 is 2.21 bits per heavy atom. The molecule has 0 aliphatic rings. The molecule has 134 valence electrons. The third-order valence-electron chi connectivity index (χ3n) is 3.28. The largest absolute Gasteiger partial charge is 0.443 e. The van der Waals surface area contributed by atoms with Crippen molar-refractivity contribution in [3.8, 4) is 10.8 Å². The topological polar surface area (TPSA) is 62.5 Å². The fourth-order valence-electron chi connectivity index (χ4n) is 2.11. The molecule has 0 radical (unpaired) electrons. The van der Waals surface area contributed by atoms with Crippen LogP contribution in [0.15, 0.2) is 33.2 Å². The zero-order chi connectivity index (χ0) is 16.5. The fraction of sp³-hybridized carbons (Fsp3) is 0.529. The highest BCUT2D eigenvalue weighted by atomic mass is 127. The number of oxazole rings is 1. The van der Waals surface area contributed by atoms with Crippen molar-refractivity contribution in [3.05, 3.63) is 29.5 Å². The second-order valence-corrected chi connectivity index (χ2v) is 6.73. The molecule has 0 unspecified atom stereocenters. The smallest absolute Gasteiger partial charge is 0.236 e. The summed E-state index contributed by atoms with van der Waals surface area (Å²) in [7, 11) is 0. The Labute approximate surface area is 165 Å². The van der Waals surface area contributed by atoms with Crippen molar-refractivity contribution in [1.82, 2.24) is 15.6 Å². The Kier molecular flexibility index (Phi) is 10.0. The van der Waals surface area contributed by atoms with Crippen molar-refractivity contribution >= 4 is 41.3 Å². The average Bonchev–Trinajstić information content (AvgIpc) is 3.19. The molecule has 0 bridgehead atoms. The van der Waals surface area contributed by atoms with Crippen LogP contribution >= 0.6 is 35.3 Å². The summed E-state index contributed by atoms with van der Waals surface area (Å²) in [4.78, 5) is 10.1. The summed E-state index contributed by atoms with van der Waals surface area (Å²) in [5.74, 6) is 2.24. The number of thiophene rings is 1. The maximum absolute atomic E-state index is 5.52. The lowest BCUT2D eigenvalue weighted by Gasteiger charge is -2.11. The molecule has 5 nitrogen and oxygen atoms in total. The summed E-state index contributed by atoms with van der Waals surface area (Å²) < 4.78 is 5.52. The number of guanidine groups is 1. The van der Waals surface area contributed by atoms with Gasteiger partial charge in [0.25, 0.3) is 0 Å². The second kappa shape index (κ2) is 11.5. The van der Waals surface area contributed by atoms with Crippen LogP contribution in [0.1, 0.15) is 39.3 Å². The van der Waals surface area contributed by atoms with Gasteiger partial charge in [0.15, 0.2) is 5.96 Å². The summed E-state index contributed by atoms with van der Waals surface area (Å²) in [5, 5.41) is 8.64. The number of halogens is 1. The molecule has 0 atom stereocenters. The summed E-state index contributed by atoms with van der Waals surface area (Å²) in [6.07, 6.45) is 4.05. The van der Waals surface area contributed by atoms with E-state index in [1.54, 1.807) is 17.6 Å². The van der Waals surface area contributed by atoms with Crippen molar-refractivity contribution in [1.29, 1.82) is 0 Å². The van der Waals surface area contributed by atoms with Crippen LogP contribution in [-0.2, 0) is 6.54 Å². The SMILES string of the molecule is CCNC(=NCc1coc(-c2cccs2)n1)NCCCC(C)C.I. The lowest BCUT2D eigenvalue weighted by molar-refractivity contribution is 0.549. The lowest BCUT2D eigenvalue weighted by Crippen LogP contribution is -2.37. The van der Waals surface area contributed by atoms with Gasteiger partial charge in [0.1, 0.15) is 12.0 Å². The molecule has 2 N–H and O–H groups in total. The number of rotatable bonds is 8. The second-order valence-electron chi connectivity index (χ2n) is 5.78. The maximum atomic E-state index is 5.52. The van der Waals surface area contributed by atoms with Gasteiger partial charge in [0, 0.05) is 13.1 Å². The van der Waals surface area contributed by atoms with Gasteiger partial charge in [-0.1, -0.05) is 19.9 Å². The van der Waals surface area contributed by atoms with Crippen LogP contribution < -0.4 is 10.6 Å². The fourth-order valence-corrected chi connectivity index (χ4v) is 2.77. The van der Waals surface area contributed by atoms with Crippen LogP contribution in [0.25, 0.3) is 10.8 Å². The van der Waals surface area contributed by atoms with Crippen molar-refractivity contribution in [2.75, 3.05) is 13.1 Å². The van der Waals surface area contributed by atoms with E-state index in [0.717, 1.165) is 42.0 Å². The first-order chi connectivity index (χ1) is 11.2. The molecule has 7 heteroatoms. The summed E-state index contributed by atoms with van der Waals surface area (Å²) in [5.41, 5.74) is 0.841. The van der Waals surface area contributed by atoms with Gasteiger partial charge in [-0.2, -0.15) is 0 Å². The van der Waals surface area contributed by atoms with E-state index >= 15 is 0 Å². The number of aromatic nitrogens is 1. The molecule has 0 aliphatic heterocycles. The number of nitrogens with zero attached hydrogens (tertiary/aromatic N) is 2.